The minimum atomic E-state index is -0.744. The van der Waals surface area contributed by atoms with Crippen LogP contribution in [-0.4, -0.2) is 13.1 Å². The lowest BCUT2D eigenvalue weighted by Crippen LogP contribution is -2.17. The summed E-state index contributed by atoms with van der Waals surface area (Å²) >= 11 is 3.22. The van der Waals surface area contributed by atoms with Gasteiger partial charge in [0.05, 0.1) is 12.5 Å². The summed E-state index contributed by atoms with van der Waals surface area (Å²) in [6.45, 7) is 0. The van der Waals surface area contributed by atoms with E-state index in [2.05, 4.69) is 15.9 Å². The SMILES string of the molecule is COc1ccccc1C(=O)Oc1c(-c2ccc(Br)o2)oc2ccccc2c1=O. The average Bonchev–Trinajstić information content (AvgIpc) is 3.16. The fraction of sp³-hybridized carbons (Fsp3) is 0.0476. The molecule has 0 saturated carbocycles. The van der Waals surface area contributed by atoms with Gasteiger partial charge in [-0.25, -0.2) is 4.79 Å². The highest BCUT2D eigenvalue weighted by molar-refractivity contribution is 9.10. The van der Waals surface area contributed by atoms with Crippen molar-refractivity contribution in [1.29, 1.82) is 0 Å². The lowest BCUT2D eigenvalue weighted by Gasteiger charge is -2.10. The molecular formula is C21H13BrO6. The molecule has 28 heavy (non-hydrogen) atoms. The molecule has 0 atom stereocenters. The predicted octanol–water partition coefficient (Wildman–Crippen LogP) is 5.04. The molecule has 0 bridgehead atoms. The van der Waals surface area contributed by atoms with E-state index in [1.807, 2.05) is 0 Å². The Hall–Kier alpha value is -3.32. The monoisotopic (exact) mass is 440 g/mol. The van der Waals surface area contributed by atoms with E-state index in [0.29, 0.717) is 21.4 Å². The molecule has 0 N–H and O–H groups in total. The van der Waals surface area contributed by atoms with Gasteiger partial charge in [-0.3, -0.25) is 4.79 Å². The minimum Gasteiger partial charge on any atom is -0.496 e. The van der Waals surface area contributed by atoms with E-state index >= 15 is 0 Å². The molecule has 4 aromatic rings. The van der Waals surface area contributed by atoms with E-state index in [1.54, 1.807) is 60.7 Å². The fourth-order valence-corrected chi connectivity index (χ4v) is 3.08. The van der Waals surface area contributed by atoms with Crippen molar-refractivity contribution in [3.63, 3.8) is 0 Å². The molecule has 0 aliphatic rings. The Morgan fingerprint density at radius 2 is 1.71 bits per heavy atom. The maximum Gasteiger partial charge on any atom is 0.347 e. The van der Waals surface area contributed by atoms with E-state index in [-0.39, 0.29) is 22.8 Å². The highest BCUT2D eigenvalue weighted by Crippen LogP contribution is 2.34. The fourth-order valence-electron chi connectivity index (χ4n) is 2.78. The number of benzene rings is 2. The van der Waals surface area contributed by atoms with Gasteiger partial charge in [0.15, 0.2) is 10.4 Å². The van der Waals surface area contributed by atoms with E-state index < -0.39 is 11.4 Å². The Kier molecular flexibility index (Phi) is 4.75. The second kappa shape index (κ2) is 7.36. The first-order valence-corrected chi connectivity index (χ1v) is 9.04. The molecule has 7 heteroatoms. The zero-order chi connectivity index (χ0) is 19.7. The highest BCUT2D eigenvalue weighted by Gasteiger charge is 2.24. The first kappa shape index (κ1) is 18.1. The number of para-hydroxylation sites is 2. The Morgan fingerprint density at radius 3 is 2.46 bits per heavy atom. The Balaban J connectivity index is 1.88. The van der Waals surface area contributed by atoms with E-state index in [9.17, 15) is 9.59 Å². The van der Waals surface area contributed by atoms with Gasteiger partial charge in [0.2, 0.25) is 16.9 Å². The van der Waals surface area contributed by atoms with Crippen LogP contribution in [0.1, 0.15) is 10.4 Å². The molecule has 2 aromatic heterocycles. The number of halogens is 1. The van der Waals surface area contributed by atoms with Crippen LogP contribution in [0.3, 0.4) is 0 Å². The van der Waals surface area contributed by atoms with Crippen molar-refractivity contribution in [3.05, 3.63) is 81.1 Å². The van der Waals surface area contributed by atoms with Gasteiger partial charge >= 0.3 is 5.97 Å². The largest absolute Gasteiger partial charge is 0.496 e. The minimum absolute atomic E-state index is 0.0256. The lowest BCUT2D eigenvalue weighted by atomic mass is 10.2. The number of carbonyl (C=O) groups is 1. The number of rotatable bonds is 4. The summed E-state index contributed by atoms with van der Waals surface area (Å²) in [7, 11) is 1.45. The number of furan rings is 1. The second-order valence-corrected chi connectivity index (χ2v) is 6.56. The predicted molar refractivity (Wildman–Crippen MR) is 106 cm³/mol. The van der Waals surface area contributed by atoms with Gasteiger partial charge in [0.1, 0.15) is 16.9 Å². The molecule has 0 unspecified atom stereocenters. The third kappa shape index (κ3) is 3.20. The number of ether oxygens (including phenoxy) is 2. The van der Waals surface area contributed by atoms with Crippen LogP contribution in [-0.2, 0) is 0 Å². The van der Waals surface area contributed by atoms with Gasteiger partial charge in [-0.2, -0.15) is 0 Å². The molecule has 0 aliphatic carbocycles. The molecular weight excluding hydrogens is 428 g/mol. The van der Waals surface area contributed by atoms with E-state index in [0.717, 1.165) is 0 Å². The maximum absolute atomic E-state index is 13.0. The van der Waals surface area contributed by atoms with Gasteiger partial charge < -0.3 is 18.3 Å². The van der Waals surface area contributed by atoms with Crippen LogP contribution in [0.15, 0.2) is 79.0 Å². The lowest BCUT2D eigenvalue weighted by molar-refractivity contribution is 0.0727. The van der Waals surface area contributed by atoms with Gasteiger partial charge in [-0.15, -0.1) is 0 Å². The average molecular weight is 441 g/mol. The van der Waals surface area contributed by atoms with Crippen LogP contribution in [0.5, 0.6) is 11.5 Å². The number of fused-ring (bicyclic) bond motifs is 1. The Labute approximate surface area is 167 Å². The molecule has 6 nitrogen and oxygen atoms in total. The molecule has 0 amide bonds. The molecule has 0 saturated heterocycles. The normalized spacial score (nSPS) is 10.8. The van der Waals surface area contributed by atoms with Crippen molar-refractivity contribution in [2.45, 2.75) is 0 Å². The molecule has 0 spiro atoms. The zero-order valence-corrected chi connectivity index (χ0v) is 16.2. The summed E-state index contributed by atoms with van der Waals surface area (Å²) in [5, 5.41) is 0.291. The number of carbonyl (C=O) groups excluding carboxylic acids is 1. The van der Waals surface area contributed by atoms with Crippen LogP contribution in [0.4, 0.5) is 0 Å². The Bertz CT molecular complexity index is 1240. The molecule has 2 aromatic carbocycles. The standard InChI is InChI=1S/C21H13BrO6/c1-25-14-8-4-3-7-13(14)21(24)28-20-18(23)12-6-2-5-9-15(12)27-19(20)16-10-11-17(22)26-16/h2-11H,1H3. The zero-order valence-electron chi connectivity index (χ0n) is 14.6. The summed E-state index contributed by atoms with van der Waals surface area (Å²) in [6, 6.07) is 16.5. The van der Waals surface area contributed by atoms with Crippen LogP contribution in [0.25, 0.3) is 22.5 Å². The van der Waals surface area contributed by atoms with Gasteiger partial charge in [-0.1, -0.05) is 24.3 Å². The van der Waals surface area contributed by atoms with Crippen molar-refractivity contribution >= 4 is 32.9 Å². The maximum atomic E-state index is 13.0. The molecule has 0 aliphatic heterocycles. The van der Waals surface area contributed by atoms with Gasteiger partial charge in [-0.05, 0) is 52.3 Å². The second-order valence-electron chi connectivity index (χ2n) is 5.78. The molecule has 0 fully saturated rings. The highest BCUT2D eigenvalue weighted by atomic mass is 79.9. The third-order valence-electron chi connectivity index (χ3n) is 4.07. The molecule has 140 valence electrons. The van der Waals surface area contributed by atoms with Crippen molar-refractivity contribution in [3.8, 4) is 23.0 Å². The van der Waals surface area contributed by atoms with Crippen LogP contribution >= 0.6 is 15.9 Å². The quantitative estimate of drug-likeness (QED) is 0.413. The number of hydrogen-bond acceptors (Lipinski definition) is 6. The third-order valence-corrected chi connectivity index (χ3v) is 4.50. The van der Waals surface area contributed by atoms with E-state index in [1.165, 1.54) is 7.11 Å². The number of esters is 1. The van der Waals surface area contributed by atoms with Crippen LogP contribution < -0.4 is 14.9 Å². The van der Waals surface area contributed by atoms with Gasteiger partial charge in [0, 0.05) is 0 Å². The summed E-state index contributed by atoms with van der Waals surface area (Å²) in [5.41, 5.74) is 0.0591. The molecule has 0 radical (unpaired) electrons. The molecule has 4 rings (SSSR count). The number of hydrogen-bond donors (Lipinski definition) is 0. The molecule has 2 heterocycles. The van der Waals surface area contributed by atoms with Crippen molar-refractivity contribution in [2.24, 2.45) is 0 Å². The van der Waals surface area contributed by atoms with Crippen molar-refractivity contribution in [2.75, 3.05) is 7.11 Å². The number of methoxy groups -OCH3 is 1. The Morgan fingerprint density at radius 1 is 0.964 bits per heavy atom. The van der Waals surface area contributed by atoms with Crippen LogP contribution in [0.2, 0.25) is 0 Å². The van der Waals surface area contributed by atoms with E-state index in [4.69, 9.17) is 18.3 Å². The first-order valence-electron chi connectivity index (χ1n) is 8.25. The summed E-state index contributed by atoms with van der Waals surface area (Å²) in [5.74, 6) is -0.390. The van der Waals surface area contributed by atoms with Crippen LogP contribution in [0, 0.1) is 0 Å². The topological polar surface area (TPSA) is 78.9 Å². The first-order chi connectivity index (χ1) is 13.6. The summed E-state index contributed by atoms with van der Waals surface area (Å²) in [6.07, 6.45) is 0. The smallest absolute Gasteiger partial charge is 0.347 e. The van der Waals surface area contributed by atoms with Crippen molar-refractivity contribution in [1.82, 2.24) is 0 Å². The van der Waals surface area contributed by atoms with Crippen molar-refractivity contribution < 1.29 is 23.1 Å². The summed E-state index contributed by atoms with van der Waals surface area (Å²) in [4.78, 5) is 25.8. The van der Waals surface area contributed by atoms with Gasteiger partial charge in [0.25, 0.3) is 0 Å². The summed E-state index contributed by atoms with van der Waals surface area (Å²) < 4.78 is 22.5.